The number of methoxy groups -OCH3 is 1. The Balaban J connectivity index is 1.83. The van der Waals surface area contributed by atoms with E-state index in [-0.39, 0.29) is 11.9 Å². The van der Waals surface area contributed by atoms with E-state index in [1.807, 2.05) is 36.6 Å². The lowest BCUT2D eigenvalue weighted by atomic mass is 10.0. The standard InChI is InChI=1S/C18H24N2O3S/c1-13(19-12-18(2,22)16-9-6-10-24-16)11-17(21)20-14-7-4-5-8-15(14)23-3/h4-10,13,19,22H,11-12H2,1-3H3,(H,20,21)/t13-,18+/m1/s1. The minimum absolute atomic E-state index is 0.0638. The quantitative estimate of drug-likeness (QED) is 0.686. The molecule has 0 spiro atoms. The Labute approximate surface area is 146 Å². The fourth-order valence-corrected chi connectivity index (χ4v) is 3.13. The van der Waals surface area contributed by atoms with Crippen LogP contribution in [-0.4, -0.2) is 30.7 Å². The maximum absolute atomic E-state index is 12.2. The van der Waals surface area contributed by atoms with Gasteiger partial charge in [-0.25, -0.2) is 0 Å². The van der Waals surface area contributed by atoms with Crippen LogP contribution in [0.15, 0.2) is 41.8 Å². The lowest BCUT2D eigenvalue weighted by Crippen LogP contribution is -2.40. The van der Waals surface area contributed by atoms with Gasteiger partial charge >= 0.3 is 0 Å². The monoisotopic (exact) mass is 348 g/mol. The van der Waals surface area contributed by atoms with Gasteiger partial charge in [-0.2, -0.15) is 0 Å². The van der Waals surface area contributed by atoms with Crippen molar-refractivity contribution in [1.29, 1.82) is 0 Å². The van der Waals surface area contributed by atoms with E-state index < -0.39 is 5.60 Å². The summed E-state index contributed by atoms with van der Waals surface area (Å²) in [5.41, 5.74) is -0.288. The highest BCUT2D eigenvalue weighted by atomic mass is 32.1. The number of carbonyl (C=O) groups is 1. The van der Waals surface area contributed by atoms with Gasteiger partial charge in [-0.15, -0.1) is 11.3 Å². The van der Waals surface area contributed by atoms with Crippen LogP contribution in [0.4, 0.5) is 5.69 Å². The summed E-state index contributed by atoms with van der Waals surface area (Å²) in [7, 11) is 1.57. The number of nitrogens with one attached hydrogen (secondary N) is 2. The minimum Gasteiger partial charge on any atom is -0.495 e. The highest BCUT2D eigenvalue weighted by Gasteiger charge is 2.25. The Morgan fingerprint density at radius 3 is 2.75 bits per heavy atom. The summed E-state index contributed by atoms with van der Waals surface area (Å²) in [6.07, 6.45) is 0.304. The average Bonchev–Trinajstić information content (AvgIpc) is 3.09. The minimum atomic E-state index is -0.943. The summed E-state index contributed by atoms with van der Waals surface area (Å²) in [5.74, 6) is 0.530. The smallest absolute Gasteiger partial charge is 0.226 e. The van der Waals surface area contributed by atoms with Crippen molar-refractivity contribution in [1.82, 2.24) is 5.32 Å². The van der Waals surface area contributed by atoms with E-state index >= 15 is 0 Å². The third-order valence-electron chi connectivity index (χ3n) is 3.72. The van der Waals surface area contributed by atoms with E-state index in [2.05, 4.69) is 10.6 Å². The molecule has 1 heterocycles. The fourth-order valence-electron chi connectivity index (χ4n) is 2.34. The van der Waals surface area contributed by atoms with Gasteiger partial charge in [0, 0.05) is 23.9 Å². The van der Waals surface area contributed by atoms with Gasteiger partial charge in [-0.05, 0) is 37.4 Å². The summed E-state index contributed by atoms with van der Waals surface area (Å²) in [6, 6.07) is 11.1. The predicted molar refractivity (Wildman–Crippen MR) is 97.6 cm³/mol. The zero-order chi connectivity index (χ0) is 17.6. The number of hydrogen-bond donors (Lipinski definition) is 3. The maximum Gasteiger partial charge on any atom is 0.226 e. The average molecular weight is 348 g/mol. The van der Waals surface area contributed by atoms with Crippen LogP contribution in [0.3, 0.4) is 0 Å². The van der Waals surface area contributed by atoms with Gasteiger partial charge in [-0.1, -0.05) is 18.2 Å². The van der Waals surface area contributed by atoms with Gasteiger partial charge in [0.2, 0.25) is 5.91 Å². The number of hydrogen-bond acceptors (Lipinski definition) is 5. The molecule has 5 nitrogen and oxygen atoms in total. The second kappa shape index (κ2) is 8.28. The van der Waals surface area contributed by atoms with Crippen molar-refractivity contribution in [3.05, 3.63) is 46.7 Å². The number of ether oxygens (including phenoxy) is 1. The molecule has 1 aromatic heterocycles. The Hall–Kier alpha value is -1.89. The molecule has 1 amide bonds. The molecular formula is C18H24N2O3S. The number of thiophene rings is 1. The molecule has 0 radical (unpaired) electrons. The molecular weight excluding hydrogens is 324 g/mol. The van der Waals surface area contributed by atoms with E-state index in [9.17, 15) is 9.90 Å². The van der Waals surface area contributed by atoms with Gasteiger partial charge in [0.1, 0.15) is 11.4 Å². The number of anilines is 1. The molecule has 24 heavy (non-hydrogen) atoms. The van der Waals surface area contributed by atoms with Crippen molar-refractivity contribution in [2.75, 3.05) is 19.0 Å². The Kier molecular flexibility index (Phi) is 6.36. The third kappa shape index (κ3) is 5.06. The number of benzene rings is 1. The summed E-state index contributed by atoms with van der Waals surface area (Å²) in [6.45, 7) is 4.08. The molecule has 2 rings (SSSR count). The number of carbonyl (C=O) groups excluding carboxylic acids is 1. The molecule has 0 saturated heterocycles. The molecule has 0 aliphatic heterocycles. The maximum atomic E-state index is 12.2. The van der Waals surface area contributed by atoms with Crippen LogP contribution in [0.2, 0.25) is 0 Å². The molecule has 0 bridgehead atoms. The van der Waals surface area contributed by atoms with Crippen LogP contribution in [0.25, 0.3) is 0 Å². The highest BCUT2D eigenvalue weighted by Crippen LogP contribution is 2.25. The number of rotatable bonds is 8. The first kappa shape index (κ1) is 18.4. The predicted octanol–water partition coefficient (Wildman–Crippen LogP) is 2.97. The van der Waals surface area contributed by atoms with Crippen LogP contribution < -0.4 is 15.4 Å². The van der Waals surface area contributed by atoms with E-state index in [4.69, 9.17) is 4.74 Å². The molecule has 0 unspecified atom stereocenters. The number of amides is 1. The highest BCUT2D eigenvalue weighted by molar-refractivity contribution is 7.10. The van der Waals surface area contributed by atoms with Crippen LogP contribution in [0.1, 0.15) is 25.1 Å². The van der Waals surface area contributed by atoms with Gasteiger partial charge in [-0.3, -0.25) is 4.79 Å². The normalized spacial score (nSPS) is 14.7. The zero-order valence-electron chi connectivity index (χ0n) is 14.2. The van der Waals surface area contributed by atoms with Crippen LogP contribution in [0, 0.1) is 0 Å². The second-order valence-electron chi connectivity index (χ2n) is 5.99. The number of aliphatic hydroxyl groups is 1. The van der Waals surface area contributed by atoms with Crippen molar-refractivity contribution in [3.8, 4) is 5.75 Å². The topological polar surface area (TPSA) is 70.6 Å². The van der Waals surface area contributed by atoms with Gasteiger partial charge < -0.3 is 20.5 Å². The molecule has 2 aromatic rings. The van der Waals surface area contributed by atoms with Crippen LogP contribution in [-0.2, 0) is 10.4 Å². The van der Waals surface area contributed by atoms with Crippen molar-refractivity contribution in [2.45, 2.75) is 31.9 Å². The van der Waals surface area contributed by atoms with E-state index in [1.165, 1.54) is 11.3 Å². The summed E-state index contributed by atoms with van der Waals surface area (Å²) in [4.78, 5) is 13.1. The van der Waals surface area contributed by atoms with Crippen molar-refractivity contribution >= 4 is 22.9 Å². The van der Waals surface area contributed by atoms with Crippen LogP contribution in [0.5, 0.6) is 5.75 Å². The van der Waals surface area contributed by atoms with Crippen molar-refractivity contribution in [3.63, 3.8) is 0 Å². The SMILES string of the molecule is COc1ccccc1NC(=O)C[C@@H](C)NC[C@](C)(O)c1cccs1. The zero-order valence-corrected chi connectivity index (χ0v) is 15.0. The van der Waals surface area contributed by atoms with Crippen LogP contribution >= 0.6 is 11.3 Å². The van der Waals surface area contributed by atoms with E-state index in [0.717, 1.165) is 4.88 Å². The van der Waals surface area contributed by atoms with E-state index in [1.54, 1.807) is 26.2 Å². The summed E-state index contributed by atoms with van der Waals surface area (Å²) < 4.78 is 5.22. The number of para-hydroxylation sites is 2. The fraction of sp³-hybridized carbons (Fsp3) is 0.389. The summed E-state index contributed by atoms with van der Waals surface area (Å²) in [5, 5.41) is 18.5. The molecule has 0 aliphatic carbocycles. The Morgan fingerprint density at radius 2 is 2.08 bits per heavy atom. The van der Waals surface area contributed by atoms with Gasteiger partial charge in [0.05, 0.1) is 12.8 Å². The van der Waals surface area contributed by atoms with Gasteiger partial charge in [0.25, 0.3) is 0 Å². The first-order chi connectivity index (χ1) is 11.4. The van der Waals surface area contributed by atoms with Crippen molar-refractivity contribution < 1.29 is 14.6 Å². The van der Waals surface area contributed by atoms with Gasteiger partial charge in [0.15, 0.2) is 0 Å². The summed E-state index contributed by atoms with van der Waals surface area (Å²) >= 11 is 1.52. The Morgan fingerprint density at radius 1 is 1.33 bits per heavy atom. The molecule has 2 atom stereocenters. The third-order valence-corrected chi connectivity index (χ3v) is 4.84. The molecule has 6 heteroatoms. The first-order valence-corrected chi connectivity index (χ1v) is 8.73. The molecule has 0 aliphatic rings. The molecule has 0 fully saturated rings. The lowest BCUT2D eigenvalue weighted by Gasteiger charge is -2.25. The lowest BCUT2D eigenvalue weighted by molar-refractivity contribution is -0.116. The largest absolute Gasteiger partial charge is 0.495 e. The molecule has 0 saturated carbocycles. The second-order valence-corrected chi connectivity index (χ2v) is 6.93. The van der Waals surface area contributed by atoms with E-state index in [0.29, 0.717) is 24.4 Å². The molecule has 130 valence electrons. The molecule has 1 aromatic carbocycles. The Bertz CT molecular complexity index is 656. The van der Waals surface area contributed by atoms with Crippen molar-refractivity contribution in [2.24, 2.45) is 0 Å². The molecule has 3 N–H and O–H groups in total. The first-order valence-electron chi connectivity index (χ1n) is 7.85.